The number of likely N-dealkylation sites (tertiary alicyclic amines) is 1. The van der Waals surface area contributed by atoms with Crippen molar-refractivity contribution in [1.82, 2.24) is 15.5 Å². The first-order valence-corrected chi connectivity index (χ1v) is 16.0. The molecule has 232 valence electrons. The topological polar surface area (TPSA) is 140 Å². The molecule has 0 spiro atoms. The Morgan fingerprint density at radius 3 is 2.45 bits per heavy atom. The van der Waals surface area contributed by atoms with Crippen molar-refractivity contribution in [2.45, 2.75) is 42.8 Å². The molecule has 2 N–H and O–H groups in total. The van der Waals surface area contributed by atoms with Crippen molar-refractivity contribution in [3.63, 3.8) is 0 Å². The van der Waals surface area contributed by atoms with Crippen LogP contribution in [0.2, 0.25) is 0 Å². The highest BCUT2D eigenvalue weighted by molar-refractivity contribution is 7.91. The standard InChI is InChI=1S/C32H35N3O8S/c1-41-27-13-9-22-10-14-30(36)34-26-19-35(32(38)15-16-44(39,40)25-5-3-2-4-6-25)20-29(26)43-24-11-7-23(8-12-24)18-33-31(37)21-42-28(27)17-22/h2-9,11-13,17,26,29H,10,14-16,18-21H2,1H3,(H,33,37)(H,34,36)/t26-,29-/m0/s1. The van der Waals surface area contributed by atoms with Crippen LogP contribution in [0.5, 0.6) is 17.2 Å². The van der Waals surface area contributed by atoms with E-state index in [-0.39, 0.29) is 67.5 Å². The van der Waals surface area contributed by atoms with E-state index in [4.69, 9.17) is 14.2 Å². The maximum absolute atomic E-state index is 13.2. The predicted molar refractivity (Wildman–Crippen MR) is 161 cm³/mol. The molecular weight excluding hydrogens is 586 g/mol. The van der Waals surface area contributed by atoms with E-state index in [1.807, 2.05) is 18.2 Å². The summed E-state index contributed by atoms with van der Waals surface area (Å²) < 4.78 is 42.8. The van der Waals surface area contributed by atoms with Gasteiger partial charge in [-0.3, -0.25) is 14.4 Å². The van der Waals surface area contributed by atoms with Crippen LogP contribution < -0.4 is 24.8 Å². The lowest BCUT2D eigenvalue weighted by molar-refractivity contribution is -0.130. The Balaban J connectivity index is 1.31. The maximum Gasteiger partial charge on any atom is 0.258 e. The second-order valence-electron chi connectivity index (χ2n) is 10.7. The van der Waals surface area contributed by atoms with Crippen molar-refractivity contribution < 1.29 is 37.0 Å². The van der Waals surface area contributed by atoms with Gasteiger partial charge in [-0.1, -0.05) is 36.4 Å². The number of benzene rings is 3. The molecule has 6 rings (SSSR count). The van der Waals surface area contributed by atoms with Gasteiger partial charge in [-0.15, -0.1) is 0 Å². The summed E-state index contributed by atoms with van der Waals surface area (Å²) in [6.07, 6.45) is -0.180. The molecule has 11 nitrogen and oxygen atoms in total. The van der Waals surface area contributed by atoms with Crippen molar-refractivity contribution in [1.29, 1.82) is 0 Å². The first-order chi connectivity index (χ1) is 21.2. The lowest BCUT2D eigenvalue weighted by Gasteiger charge is -2.21. The van der Waals surface area contributed by atoms with Gasteiger partial charge in [0.1, 0.15) is 11.9 Å². The summed E-state index contributed by atoms with van der Waals surface area (Å²) in [5.74, 6) is 0.229. The Kier molecular flexibility index (Phi) is 9.69. The van der Waals surface area contributed by atoms with Crippen molar-refractivity contribution in [3.8, 4) is 17.2 Å². The number of carbonyl (C=O) groups excluding carboxylic acids is 3. The number of fused-ring (bicyclic) bond motifs is 9. The number of hydrogen-bond acceptors (Lipinski definition) is 8. The number of sulfone groups is 1. The molecule has 0 aromatic heterocycles. The number of methoxy groups -OCH3 is 1. The Bertz CT molecular complexity index is 1600. The number of rotatable bonds is 5. The van der Waals surface area contributed by atoms with Crippen LogP contribution in [0.15, 0.2) is 77.7 Å². The van der Waals surface area contributed by atoms with Gasteiger partial charge in [-0.05, 0) is 53.9 Å². The smallest absolute Gasteiger partial charge is 0.258 e. The third-order valence-electron chi connectivity index (χ3n) is 7.58. The fourth-order valence-electron chi connectivity index (χ4n) is 5.14. The fourth-order valence-corrected chi connectivity index (χ4v) is 6.39. The molecule has 4 bridgehead atoms. The first-order valence-electron chi connectivity index (χ1n) is 14.4. The Hall–Kier alpha value is -4.58. The highest BCUT2D eigenvalue weighted by Gasteiger charge is 2.38. The molecule has 0 radical (unpaired) electrons. The molecule has 3 heterocycles. The van der Waals surface area contributed by atoms with Gasteiger partial charge in [0, 0.05) is 25.9 Å². The van der Waals surface area contributed by atoms with Gasteiger partial charge in [0.15, 0.2) is 27.9 Å². The molecule has 0 saturated carbocycles. The van der Waals surface area contributed by atoms with E-state index in [1.165, 1.54) is 19.2 Å². The van der Waals surface area contributed by atoms with Crippen molar-refractivity contribution in [2.24, 2.45) is 0 Å². The average molecular weight is 622 g/mol. The van der Waals surface area contributed by atoms with Gasteiger partial charge in [0.05, 0.1) is 30.3 Å². The van der Waals surface area contributed by atoms with Gasteiger partial charge in [0.25, 0.3) is 5.91 Å². The minimum atomic E-state index is -3.62. The third kappa shape index (κ3) is 7.87. The molecule has 0 unspecified atom stereocenters. The highest BCUT2D eigenvalue weighted by Crippen LogP contribution is 2.29. The summed E-state index contributed by atoms with van der Waals surface area (Å²) in [5, 5.41) is 5.84. The lowest BCUT2D eigenvalue weighted by Crippen LogP contribution is -2.45. The summed E-state index contributed by atoms with van der Waals surface area (Å²) in [6, 6.07) is 20.0. The number of aryl methyl sites for hydroxylation is 1. The van der Waals surface area contributed by atoms with Crippen molar-refractivity contribution in [3.05, 3.63) is 83.9 Å². The zero-order valence-corrected chi connectivity index (χ0v) is 25.2. The fraction of sp³-hybridized carbons (Fsp3) is 0.344. The maximum atomic E-state index is 13.2. The largest absolute Gasteiger partial charge is 0.493 e. The summed E-state index contributed by atoms with van der Waals surface area (Å²) in [5.41, 5.74) is 1.67. The van der Waals surface area contributed by atoms with Crippen LogP contribution in [0.25, 0.3) is 0 Å². The Morgan fingerprint density at radius 2 is 1.70 bits per heavy atom. The molecule has 3 aromatic rings. The third-order valence-corrected chi connectivity index (χ3v) is 9.31. The molecular formula is C32H35N3O8S. The van der Waals surface area contributed by atoms with Crippen LogP contribution >= 0.6 is 0 Å². The van der Waals surface area contributed by atoms with Crippen LogP contribution in [0.1, 0.15) is 24.0 Å². The summed E-state index contributed by atoms with van der Waals surface area (Å²) >= 11 is 0. The first kappa shape index (κ1) is 30.9. The van der Waals surface area contributed by atoms with Crippen LogP contribution in [-0.2, 0) is 37.2 Å². The molecule has 2 atom stereocenters. The number of ether oxygens (including phenoxy) is 3. The summed E-state index contributed by atoms with van der Waals surface area (Å²) in [4.78, 5) is 40.4. The van der Waals surface area contributed by atoms with Crippen molar-refractivity contribution in [2.75, 3.05) is 32.6 Å². The van der Waals surface area contributed by atoms with Crippen LogP contribution in [0.3, 0.4) is 0 Å². The molecule has 3 aliphatic heterocycles. The average Bonchev–Trinajstić information content (AvgIpc) is 3.43. The predicted octanol–water partition coefficient (Wildman–Crippen LogP) is 2.27. The molecule has 0 aliphatic carbocycles. The van der Waals surface area contributed by atoms with Crippen LogP contribution in [0.4, 0.5) is 0 Å². The number of nitrogens with zero attached hydrogens (tertiary/aromatic N) is 1. The monoisotopic (exact) mass is 621 g/mol. The van der Waals surface area contributed by atoms with Crippen LogP contribution in [0, 0.1) is 0 Å². The van der Waals surface area contributed by atoms with E-state index in [0.717, 1.165) is 11.1 Å². The molecule has 3 aromatic carbocycles. The van der Waals surface area contributed by atoms with Crippen LogP contribution in [-0.4, -0.2) is 75.7 Å². The van der Waals surface area contributed by atoms with E-state index in [0.29, 0.717) is 23.7 Å². The second-order valence-corrected chi connectivity index (χ2v) is 12.8. The summed E-state index contributed by atoms with van der Waals surface area (Å²) in [7, 11) is -2.11. The molecule has 1 fully saturated rings. The molecule has 1 saturated heterocycles. The van der Waals surface area contributed by atoms with Gasteiger partial charge >= 0.3 is 0 Å². The van der Waals surface area contributed by atoms with E-state index in [1.54, 1.807) is 47.4 Å². The highest BCUT2D eigenvalue weighted by atomic mass is 32.2. The molecule has 44 heavy (non-hydrogen) atoms. The van der Waals surface area contributed by atoms with E-state index in [9.17, 15) is 22.8 Å². The minimum Gasteiger partial charge on any atom is -0.493 e. The Labute approximate surface area is 256 Å². The number of nitrogens with one attached hydrogen (secondary N) is 2. The van der Waals surface area contributed by atoms with Gasteiger partial charge in [-0.25, -0.2) is 8.42 Å². The number of hydrogen-bond donors (Lipinski definition) is 2. The van der Waals surface area contributed by atoms with E-state index < -0.39 is 22.0 Å². The number of amides is 3. The number of carbonyl (C=O) groups is 3. The molecule has 3 aliphatic rings. The quantitative estimate of drug-likeness (QED) is 0.442. The van der Waals surface area contributed by atoms with Gasteiger partial charge < -0.3 is 29.7 Å². The zero-order chi connectivity index (χ0) is 31.1. The summed E-state index contributed by atoms with van der Waals surface area (Å²) in [6.45, 7) is 0.464. The van der Waals surface area contributed by atoms with Crippen molar-refractivity contribution >= 4 is 27.6 Å². The Morgan fingerprint density at radius 1 is 0.955 bits per heavy atom. The molecule has 3 amide bonds. The zero-order valence-electron chi connectivity index (χ0n) is 24.4. The molecule has 12 heteroatoms. The SMILES string of the molecule is COc1ccc2cc1OCC(=O)NCc1ccc(cc1)O[C@H]1CN(C(=O)CCS(=O)(=O)c3ccccc3)C[C@@H]1NC(=O)CC2. The van der Waals surface area contributed by atoms with E-state index >= 15 is 0 Å². The van der Waals surface area contributed by atoms with E-state index in [2.05, 4.69) is 10.6 Å². The second kappa shape index (κ2) is 13.8. The van der Waals surface area contributed by atoms with Gasteiger partial charge in [-0.2, -0.15) is 0 Å². The minimum absolute atomic E-state index is 0.160. The van der Waals surface area contributed by atoms with Gasteiger partial charge in [0.2, 0.25) is 11.8 Å². The lowest BCUT2D eigenvalue weighted by atomic mass is 10.1. The normalized spacial score (nSPS) is 19.2.